The van der Waals surface area contributed by atoms with Gasteiger partial charge in [0.2, 0.25) is 12.4 Å². The van der Waals surface area contributed by atoms with Gasteiger partial charge in [-0.2, -0.15) is 0 Å². The highest BCUT2D eigenvalue weighted by Crippen LogP contribution is 2.38. The van der Waals surface area contributed by atoms with E-state index >= 15 is 0 Å². The van der Waals surface area contributed by atoms with E-state index in [9.17, 15) is 29.1 Å². The molecule has 1 aliphatic rings. The van der Waals surface area contributed by atoms with Crippen molar-refractivity contribution in [2.75, 3.05) is 13.7 Å². The molecule has 0 spiro atoms. The molecule has 39 heavy (non-hydrogen) atoms. The number of carbonyl (C=O) groups excluding carboxylic acids is 5. The Kier molecular flexibility index (Phi) is 9.83. The number of rotatable bonds is 9. The minimum Gasteiger partial charge on any atom is -0.465 e. The zero-order valence-corrected chi connectivity index (χ0v) is 22.6. The first kappa shape index (κ1) is 29.8. The van der Waals surface area contributed by atoms with Crippen LogP contribution in [0.2, 0.25) is 0 Å². The van der Waals surface area contributed by atoms with Gasteiger partial charge in [-0.15, -0.1) is 11.3 Å². The molecular weight excluding hydrogens is 540 g/mol. The lowest BCUT2D eigenvalue weighted by Gasteiger charge is -2.44. The fourth-order valence-electron chi connectivity index (χ4n) is 3.99. The van der Waals surface area contributed by atoms with Crippen LogP contribution >= 0.6 is 11.3 Å². The molecule has 1 fully saturated rings. The third kappa shape index (κ3) is 7.22. The molecule has 1 saturated heterocycles. The molecule has 0 aliphatic carbocycles. The van der Waals surface area contributed by atoms with Crippen molar-refractivity contribution in [2.45, 2.75) is 65.0 Å². The van der Waals surface area contributed by atoms with Gasteiger partial charge in [-0.05, 0) is 17.7 Å². The Hall–Kier alpha value is -3.75. The van der Waals surface area contributed by atoms with Crippen LogP contribution in [0.15, 0.2) is 18.2 Å². The third-order valence-electron chi connectivity index (χ3n) is 5.47. The minimum atomic E-state index is -1.46. The van der Waals surface area contributed by atoms with Gasteiger partial charge in [0.15, 0.2) is 12.2 Å². The molecule has 1 aliphatic heterocycles. The van der Waals surface area contributed by atoms with Gasteiger partial charge in [0.25, 0.3) is 0 Å². The Balaban J connectivity index is 2.10. The van der Waals surface area contributed by atoms with Gasteiger partial charge in [0.05, 0.1) is 13.7 Å². The Morgan fingerprint density at radius 1 is 0.897 bits per heavy atom. The van der Waals surface area contributed by atoms with E-state index < -0.39 is 67.2 Å². The number of methoxy groups -OCH3 is 1. The van der Waals surface area contributed by atoms with Crippen LogP contribution in [-0.4, -0.2) is 79.4 Å². The summed E-state index contributed by atoms with van der Waals surface area (Å²) in [5.41, 5.74) is 0.513. The van der Waals surface area contributed by atoms with Gasteiger partial charge >= 0.3 is 29.8 Å². The van der Waals surface area contributed by atoms with Crippen LogP contribution in [0.4, 0.5) is 0 Å². The van der Waals surface area contributed by atoms with Crippen molar-refractivity contribution in [3.8, 4) is 5.75 Å². The Morgan fingerprint density at radius 3 is 2.08 bits per heavy atom. The Morgan fingerprint density at radius 2 is 1.51 bits per heavy atom. The van der Waals surface area contributed by atoms with Crippen molar-refractivity contribution in [1.82, 2.24) is 0 Å². The first-order valence-corrected chi connectivity index (χ1v) is 12.5. The second-order valence-corrected chi connectivity index (χ2v) is 9.46. The highest BCUT2D eigenvalue weighted by molar-refractivity contribution is 7.21. The second-order valence-electron chi connectivity index (χ2n) is 8.41. The molecule has 1 aromatic heterocycles. The van der Waals surface area contributed by atoms with Gasteiger partial charge in [-0.1, -0.05) is 6.07 Å². The molecule has 3 rings (SSSR count). The molecule has 1 aromatic carbocycles. The number of carbonyl (C=O) groups is 5. The van der Waals surface area contributed by atoms with E-state index in [1.165, 1.54) is 19.2 Å². The Labute approximate surface area is 226 Å². The largest absolute Gasteiger partial charge is 0.465 e. The van der Waals surface area contributed by atoms with Crippen LogP contribution in [0.3, 0.4) is 0 Å². The number of hydrogen-bond donors (Lipinski definition) is 1. The summed E-state index contributed by atoms with van der Waals surface area (Å²) in [7, 11) is 1.23. The topological polar surface area (TPSA) is 170 Å². The highest BCUT2D eigenvalue weighted by Gasteiger charge is 2.53. The molecule has 0 bridgehead atoms. The van der Waals surface area contributed by atoms with E-state index in [1.807, 2.05) is 0 Å². The van der Waals surface area contributed by atoms with E-state index in [0.717, 1.165) is 39.0 Å². The molecule has 13 nitrogen and oxygen atoms in total. The molecule has 14 heteroatoms. The molecule has 2 aromatic rings. The summed E-state index contributed by atoms with van der Waals surface area (Å²) < 4.78 is 38.7. The van der Waals surface area contributed by atoms with Crippen LogP contribution in [0.1, 0.15) is 42.9 Å². The van der Waals surface area contributed by atoms with Crippen LogP contribution in [0, 0.1) is 0 Å². The predicted molar refractivity (Wildman–Crippen MR) is 132 cm³/mol. The zero-order chi connectivity index (χ0) is 28.9. The number of hydrogen-bond acceptors (Lipinski definition) is 14. The molecule has 212 valence electrons. The van der Waals surface area contributed by atoms with E-state index in [0.29, 0.717) is 15.6 Å². The Bertz CT molecular complexity index is 1250. The lowest BCUT2D eigenvalue weighted by atomic mass is 9.98. The van der Waals surface area contributed by atoms with Crippen LogP contribution in [0.5, 0.6) is 5.75 Å². The van der Waals surface area contributed by atoms with Crippen molar-refractivity contribution in [2.24, 2.45) is 0 Å². The van der Waals surface area contributed by atoms with Crippen molar-refractivity contribution >= 4 is 51.3 Å². The van der Waals surface area contributed by atoms with Gasteiger partial charge < -0.3 is 38.3 Å². The quantitative estimate of drug-likeness (QED) is 0.342. The fraction of sp³-hybridized carbons (Fsp3) is 0.480. The summed E-state index contributed by atoms with van der Waals surface area (Å²) in [4.78, 5) is 59.9. The maximum Gasteiger partial charge on any atom is 0.348 e. The van der Waals surface area contributed by atoms with Crippen LogP contribution in [-0.2, 0) is 54.2 Å². The number of esters is 5. The summed E-state index contributed by atoms with van der Waals surface area (Å²) in [6, 6.07) is 4.59. The van der Waals surface area contributed by atoms with E-state index in [4.69, 9.17) is 33.2 Å². The molecule has 0 radical (unpaired) electrons. The summed E-state index contributed by atoms with van der Waals surface area (Å²) in [6.07, 6.45) is -6.83. The first-order valence-electron chi connectivity index (χ1n) is 11.7. The summed E-state index contributed by atoms with van der Waals surface area (Å²) >= 11 is 1.07. The van der Waals surface area contributed by atoms with Crippen molar-refractivity contribution in [3.63, 3.8) is 0 Å². The number of fused-ring (bicyclic) bond motifs is 1. The average molecular weight is 569 g/mol. The summed E-state index contributed by atoms with van der Waals surface area (Å²) in [5.74, 6) is -3.41. The van der Waals surface area contributed by atoms with Crippen molar-refractivity contribution in [3.05, 3.63) is 28.6 Å². The van der Waals surface area contributed by atoms with Crippen LogP contribution < -0.4 is 4.74 Å². The first-order chi connectivity index (χ1) is 18.4. The SMILES string of the molecule is COC(=O)c1cc2c(O[C@@H]3O[C@H](COC(C)=O)[C@H](OC(C)=O)[C@H](OC(C)=O)[C@H]3OC(C)=O)ccc(CO)c2s1. The molecule has 0 amide bonds. The van der Waals surface area contributed by atoms with Gasteiger partial charge in [-0.25, -0.2) is 4.79 Å². The van der Waals surface area contributed by atoms with E-state index in [-0.39, 0.29) is 17.2 Å². The average Bonchev–Trinajstić information content (AvgIpc) is 3.31. The van der Waals surface area contributed by atoms with Crippen molar-refractivity contribution < 1.29 is 62.2 Å². The predicted octanol–water partition coefficient (Wildman–Crippen LogP) is 1.64. The second kappa shape index (κ2) is 12.9. The minimum absolute atomic E-state index is 0.162. The number of aliphatic hydroxyl groups excluding tert-OH is 1. The lowest BCUT2D eigenvalue weighted by Crippen LogP contribution is -2.63. The third-order valence-corrected chi connectivity index (χ3v) is 6.66. The maximum absolute atomic E-state index is 12.2. The van der Waals surface area contributed by atoms with Crippen molar-refractivity contribution in [1.29, 1.82) is 0 Å². The number of aliphatic hydroxyl groups is 1. The molecule has 0 unspecified atom stereocenters. The standard InChI is InChI=1S/C25H28O13S/c1-11(27)33-10-18-20(34-12(2)28)21(35-13(3)29)22(36-14(4)30)25(38-18)37-17-7-6-15(9-26)23-16(17)8-19(39-23)24(31)32-5/h6-8,18,20-22,25-26H,9-10H2,1-5H3/t18-,20+,21+,22-,25-/m1/s1. The number of benzene rings is 1. The molecular formula is C25H28O13S. The summed E-state index contributed by atoms with van der Waals surface area (Å²) in [6.45, 7) is 3.77. The van der Waals surface area contributed by atoms with Gasteiger partial charge in [-0.3, -0.25) is 19.2 Å². The normalized spacial score (nSPS) is 22.5. The molecule has 2 heterocycles. The molecule has 5 atom stereocenters. The highest BCUT2D eigenvalue weighted by atomic mass is 32.1. The van der Waals surface area contributed by atoms with Crippen LogP contribution in [0.25, 0.3) is 10.1 Å². The lowest BCUT2D eigenvalue weighted by molar-refractivity contribution is -0.288. The summed E-state index contributed by atoms with van der Waals surface area (Å²) in [5, 5.41) is 10.2. The van der Waals surface area contributed by atoms with E-state index in [1.54, 1.807) is 6.07 Å². The molecule has 1 N–H and O–H groups in total. The maximum atomic E-state index is 12.2. The zero-order valence-electron chi connectivity index (χ0n) is 21.8. The van der Waals surface area contributed by atoms with Gasteiger partial charge in [0, 0.05) is 37.8 Å². The fourth-order valence-corrected chi connectivity index (χ4v) is 5.09. The van der Waals surface area contributed by atoms with Gasteiger partial charge in [0.1, 0.15) is 23.3 Å². The smallest absolute Gasteiger partial charge is 0.348 e. The monoisotopic (exact) mass is 568 g/mol. The number of thiophene rings is 1. The van der Waals surface area contributed by atoms with E-state index in [2.05, 4.69) is 0 Å². The number of ether oxygens (including phenoxy) is 7. The molecule has 0 saturated carbocycles.